The van der Waals surface area contributed by atoms with E-state index >= 15 is 0 Å². The molecular weight excluding hydrogens is 356 g/mol. The molecule has 5 nitrogen and oxygen atoms in total. The maximum Gasteiger partial charge on any atom is 0.230 e. The van der Waals surface area contributed by atoms with Crippen LogP contribution in [-0.2, 0) is 4.79 Å². The summed E-state index contributed by atoms with van der Waals surface area (Å²) in [5.41, 5.74) is -0.196. The fraction of sp³-hybridized carbons (Fsp3) is 0.667. The minimum absolute atomic E-state index is 0.196. The second kappa shape index (κ2) is 6.73. The van der Waals surface area contributed by atoms with Crippen molar-refractivity contribution in [3.05, 3.63) is 17.3 Å². The van der Waals surface area contributed by atoms with Crippen molar-refractivity contribution >= 4 is 33.3 Å². The molecule has 2 aliphatic heterocycles. The van der Waals surface area contributed by atoms with E-state index in [1.165, 1.54) is 37.0 Å². The Morgan fingerprint density at radius 3 is 2.81 bits per heavy atom. The third-order valence-electron chi connectivity index (χ3n) is 6.87. The molecule has 2 aromatic heterocycles. The first-order valence-corrected chi connectivity index (χ1v) is 11.3. The van der Waals surface area contributed by atoms with Gasteiger partial charge in [-0.15, -0.1) is 11.3 Å². The van der Waals surface area contributed by atoms with E-state index in [2.05, 4.69) is 32.8 Å². The second-order valence-electron chi connectivity index (χ2n) is 8.62. The zero-order chi connectivity index (χ0) is 18.4. The summed E-state index contributed by atoms with van der Waals surface area (Å²) in [6, 6.07) is 2.68. The molecule has 27 heavy (non-hydrogen) atoms. The van der Waals surface area contributed by atoms with Gasteiger partial charge in [-0.3, -0.25) is 4.79 Å². The number of anilines is 1. The third kappa shape index (κ3) is 2.93. The number of rotatable bonds is 2. The molecule has 2 saturated heterocycles. The van der Waals surface area contributed by atoms with Gasteiger partial charge in [0.05, 0.1) is 10.8 Å². The number of piperidine rings is 1. The van der Waals surface area contributed by atoms with Gasteiger partial charge in [0.2, 0.25) is 5.91 Å². The molecule has 1 aliphatic carbocycles. The van der Waals surface area contributed by atoms with Gasteiger partial charge in [-0.05, 0) is 45.1 Å². The lowest BCUT2D eigenvalue weighted by molar-refractivity contribution is -0.148. The van der Waals surface area contributed by atoms with Crippen LogP contribution in [-0.4, -0.2) is 46.5 Å². The molecule has 144 valence electrons. The predicted molar refractivity (Wildman–Crippen MR) is 109 cm³/mol. The lowest BCUT2D eigenvalue weighted by Gasteiger charge is -2.44. The molecule has 0 radical (unpaired) electrons. The van der Waals surface area contributed by atoms with E-state index in [1.54, 1.807) is 17.7 Å². The van der Waals surface area contributed by atoms with Gasteiger partial charge in [0, 0.05) is 30.6 Å². The van der Waals surface area contributed by atoms with Gasteiger partial charge in [-0.25, -0.2) is 9.97 Å². The highest BCUT2D eigenvalue weighted by atomic mass is 32.1. The molecule has 1 spiro atoms. The fourth-order valence-electron chi connectivity index (χ4n) is 5.49. The van der Waals surface area contributed by atoms with Crippen LogP contribution in [0.2, 0.25) is 0 Å². The highest BCUT2D eigenvalue weighted by Crippen LogP contribution is 2.44. The van der Waals surface area contributed by atoms with E-state index in [-0.39, 0.29) is 5.41 Å². The Balaban J connectivity index is 1.40. The van der Waals surface area contributed by atoms with Crippen LogP contribution in [0, 0.1) is 12.3 Å². The van der Waals surface area contributed by atoms with Crippen molar-refractivity contribution in [2.75, 3.05) is 24.5 Å². The Hall–Kier alpha value is -1.69. The van der Waals surface area contributed by atoms with Crippen molar-refractivity contribution in [2.24, 2.45) is 5.41 Å². The van der Waals surface area contributed by atoms with Crippen LogP contribution in [0.5, 0.6) is 0 Å². The van der Waals surface area contributed by atoms with Gasteiger partial charge in [-0.2, -0.15) is 0 Å². The van der Waals surface area contributed by atoms with E-state index in [9.17, 15) is 4.79 Å². The summed E-state index contributed by atoms with van der Waals surface area (Å²) in [7, 11) is 0. The van der Waals surface area contributed by atoms with Crippen LogP contribution in [0.1, 0.15) is 56.2 Å². The molecule has 3 fully saturated rings. The van der Waals surface area contributed by atoms with Crippen LogP contribution in [0.25, 0.3) is 10.2 Å². The average molecular weight is 385 g/mol. The molecule has 4 heterocycles. The van der Waals surface area contributed by atoms with Crippen molar-refractivity contribution in [3.63, 3.8) is 0 Å². The zero-order valence-electron chi connectivity index (χ0n) is 16.1. The van der Waals surface area contributed by atoms with Crippen molar-refractivity contribution in [1.82, 2.24) is 14.9 Å². The molecule has 1 unspecified atom stereocenters. The molecule has 6 heteroatoms. The number of thiophene rings is 1. The molecule has 5 rings (SSSR count). The van der Waals surface area contributed by atoms with Crippen LogP contribution in [0.15, 0.2) is 12.4 Å². The van der Waals surface area contributed by atoms with Crippen molar-refractivity contribution in [1.29, 1.82) is 0 Å². The third-order valence-corrected chi connectivity index (χ3v) is 7.83. The van der Waals surface area contributed by atoms with Gasteiger partial charge in [0.25, 0.3) is 0 Å². The van der Waals surface area contributed by atoms with Crippen molar-refractivity contribution in [3.8, 4) is 0 Å². The first-order valence-electron chi connectivity index (χ1n) is 10.4. The van der Waals surface area contributed by atoms with Crippen LogP contribution in [0.4, 0.5) is 5.82 Å². The number of carbonyl (C=O) groups is 1. The number of hydrogen-bond acceptors (Lipinski definition) is 5. The monoisotopic (exact) mass is 384 g/mol. The van der Waals surface area contributed by atoms with Crippen molar-refractivity contribution in [2.45, 2.75) is 64.3 Å². The Morgan fingerprint density at radius 2 is 1.96 bits per heavy atom. The first kappa shape index (κ1) is 17.4. The van der Waals surface area contributed by atoms with Gasteiger partial charge in [-0.1, -0.05) is 19.3 Å². The van der Waals surface area contributed by atoms with Crippen LogP contribution >= 0.6 is 11.3 Å². The fourth-order valence-corrected chi connectivity index (χ4v) is 6.33. The largest absolute Gasteiger partial charge is 0.355 e. The molecule has 0 bridgehead atoms. The Labute approximate surface area is 164 Å². The van der Waals surface area contributed by atoms with E-state index in [0.717, 1.165) is 54.9 Å². The Kier molecular flexibility index (Phi) is 4.34. The van der Waals surface area contributed by atoms with Gasteiger partial charge in [0.15, 0.2) is 0 Å². The minimum Gasteiger partial charge on any atom is -0.355 e. The number of hydrogen-bond donors (Lipinski definition) is 0. The Bertz CT molecular complexity index is 859. The molecule has 1 saturated carbocycles. The summed E-state index contributed by atoms with van der Waals surface area (Å²) in [6.45, 7) is 4.82. The average Bonchev–Trinajstić information content (AvgIpc) is 3.28. The predicted octanol–water partition coefficient (Wildman–Crippen LogP) is 4.15. The number of carbonyl (C=O) groups excluding carboxylic acids is 1. The Morgan fingerprint density at radius 1 is 1.11 bits per heavy atom. The number of fused-ring (bicyclic) bond motifs is 1. The molecular formula is C21H28N4OS. The van der Waals surface area contributed by atoms with Crippen LogP contribution < -0.4 is 4.90 Å². The van der Waals surface area contributed by atoms with Crippen LogP contribution in [0.3, 0.4) is 0 Å². The lowest BCUT2D eigenvalue weighted by Crippen LogP contribution is -2.54. The molecule has 3 aliphatic rings. The number of amides is 1. The highest BCUT2D eigenvalue weighted by molar-refractivity contribution is 7.18. The second-order valence-corrected chi connectivity index (χ2v) is 9.85. The molecule has 0 aromatic carbocycles. The van der Waals surface area contributed by atoms with E-state index < -0.39 is 0 Å². The lowest BCUT2D eigenvalue weighted by atomic mass is 9.77. The van der Waals surface area contributed by atoms with E-state index in [0.29, 0.717) is 11.9 Å². The SMILES string of the molecule is Cc1cc2c(N3CCC4(CCCN(C5CCCCC5)C4=O)C3)ncnc2s1. The topological polar surface area (TPSA) is 49.3 Å². The molecule has 1 amide bonds. The quantitative estimate of drug-likeness (QED) is 0.780. The zero-order valence-corrected chi connectivity index (χ0v) is 16.9. The summed E-state index contributed by atoms with van der Waals surface area (Å²) in [4.78, 5) is 29.5. The normalized spacial score (nSPS) is 27.2. The molecule has 2 aromatic rings. The summed E-state index contributed by atoms with van der Waals surface area (Å²) in [5.74, 6) is 1.44. The van der Waals surface area contributed by atoms with E-state index in [1.807, 2.05) is 0 Å². The number of aryl methyl sites for hydroxylation is 1. The van der Waals surface area contributed by atoms with E-state index in [4.69, 9.17) is 0 Å². The number of likely N-dealkylation sites (tertiary alicyclic amines) is 1. The maximum atomic E-state index is 13.6. The smallest absolute Gasteiger partial charge is 0.230 e. The van der Waals surface area contributed by atoms with Gasteiger partial charge >= 0.3 is 0 Å². The summed E-state index contributed by atoms with van der Waals surface area (Å²) in [6.07, 6.45) is 11.1. The minimum atomic E-state index is -0.196. The van der Waals surface area contributed by atoms with Gasteiger partial charge in [0.1, 0.15) is 17.0 Å². The highest BCUT2D eigenvalue weighted by Gasteiger charge is 2.50. The summed E-state index contributed by atoms with van der Waals surface area (Å²) >= 11 is 1.72. The molecule has 1 atom stereocenters. The van der Waals surface area contributed by atoms with Crippen molar-refractivity contribution < 1.29 is 4.79 Å². The standard InChI is InChI=1S/C21H28N4OS/c1-15-12-17-18(22-14-23-19(17)27-15)24-11-9-21(13-24)8-5-10-25(20(21)26)16-6-3-2-4-7-16/h12,14,16H,2-11,13H2,1H3. The first-order chi connectivity index (χ1) is 13.2. The van der Waals surface area contributed by atoms with Gasteiger partial charge < -0.3 is 9.80 Å². The maximum absolute atomic E-state index is 13.6. The summed E-state index contributed by atoms with van der Waals surface area (Å²) < 4.78 is 0. The number of nitrogens with zero attached hydrogens (tertiary/aromatic N) is 4. The summed E-state index contributed by atoms with van der Waals surface area (Å²) in [5, 5.41) is 1.14. The molecule has 0 N–H and O–H groups in total. The number of aromatic nitrogens is 2.